The van der Waals surface area contributed by atoms with Gasteiger partial charge in [0.15, 0.2) is 11.2 Å². The summed E-state index contributed by atoms with van der Waals surface area (Å²) in [5.74, 6) is 6.07. The lowest BCUT2D eigenvalue weighted by Crippen LogP contribution is -2.39. The van der Waals surface area contributed by atoms with Crippen molar-refractivity contribution in [3.8, 4) is 0 Å². The first kappa shape index (κ1) is 14.3. The highest BCUT2D eigenvalue weighted by Crippen LogP contribution is 2.15. The van der Waals surface area contributed by atoms with Crippen LogP contribution in [0.15, 0.2) is 9.59 Å². The molecule has 0 fully saturated rings. The summed E-state index contributed by atoms with van der Waals surface area (Å²) in [5.41, 5.74) is 2.52. The number of anilines is 1. The van der Waals surface area contributed by atoms with Crippen LogP contribution >= 0.6 is 0 Å². The zero-order chi connectivity index (χ0) is 15.0. The van der Waals surface area contributed by atoms with Crippen molar-refractivity contribution in [2.45, 2.75) is 33.9 Å². The van der Waals surface area contributed by atoms with E-state index in [4.69, 9.17) is 5.84 Å². The van der Waals surface area contributed by atoms with E-state index in [1.54, 1.807) is 4.57 Å². The normalized spacial score (nSPS) is 11.5. The highest BCUT2D eigenvalue weighted by atomic mass is 16.2. The average Bonchev–Trinajstić information content (AvgIpc) is 2.79. The van der Waals surface area contributed by atoms with Gasteiger partial charge in [0.2, 0.25) is 5.95 Å². The predicted octanol–water partition coefficient (Wildman–Crippen LogP) is -0.142. The fourth-order valence-corrected chi connectivity index (χ4v) is 2.30. The number of nitrogen functional groups attached to an aromatic ring is 1. The molecule has 0 amide bonds. The van der Waals surface area contributed by atoms with E-state index in [0.29, 0.717) is 30.2 Å². The molecule has 20 heavy (non-hydrogen) atoms. The van der Waals surface area contributed by atoms with E-state index in [1.165, 1.54) is 11.6 Å². The van der Waals surface area contributed by atoms with Gasteiger partial charge in [-0.1, -0.05) is 13.8 Å². The minimum atomic E-state index is -0.361. The second-order valence-corrected chi connectivity index (χ2v) is 5.15. The number of aromatic nitrogens is 4. The van der Waals surface area contributed by atoms with Crippen LogP contribution in [0.25, 0.3) is 11.2 Å². The lowest BCUT2D eigenvalue weighted by molar-refractivity contribution is 0.500. The van der Waals surface area contributed by atoms with E-state index in [9.17, 15) is 9.59 Å². The third-order valence-corrected chi connectivity index (χ3v) is 3.22. The van der Waals surface area contributed by atoms with Gasteiger partial charge in [0.25, 0.3) is 5.56 Å². The second kappa shape index (κ2) is 5.12. The van der Waals surface area contributed by atoms with E-state index in [-0.39, 0.29) is 17.2 Å². The molecule has 0 saturated heterocycles. The lowest BCUT2D eigenvalue weighted by Gasteiger charge is -2.11. The SMILES string of the molecule is CCn1c(NN)nc2c1c(=O)n(C)c(=O)n2CC(C)C. The first-order valence-electron chi connectivity index (χ1n) is 6.59. The molecule has 0 unspecified atom stereocenters. The Morgan fingerprint density at radius 1 is 1.30 bits per heavy atom. The Labute approximate surface area is 115 Å². The molecule has 0 bridgehead atoms. The average molecular weight is 280 g/mol. The van der Waals surface area contributed by atoms with Gasteiger partial charge in [-0.05, 0) is 12.8 Å². The first-order valence-corrected chi connectivity index (χ1v) is 6.59. The number of imidazole rings is 1. The molecule has 0 atom stereocenters. The van der Waals surface area contributed by atoms with E-state index in [1.807, 2.05) is 20.8 Å². The molecule has 0 saturated carbocycles. The molecule has 2 heterocycles. The summed E-state index contributed by atoms with van der Waals surface area (Å²) in [5, 5.41) is 0. The monoisotopic (exact) mass is 280 g/mol. The van der Waals surface area contributed by atoms with Crippen LogP contribution in [0.1, 0.15) is 20.8 Å². The highest BCUT2D eigenvalue weighted by Gasteiger charge is 2.19. The maximum Gasteiger partial charge on any atom is 0.332 e. The van der Waals surface area contributed by atoms with Crippen molar-refractivity contribution in [3.05, 3.63) is 20.8 Å². The topological polar surface area (TPSA) is 99.9 Å². The van der Waals surface area contributed by atoms with Gasteiger partial charge in [-0.15, -0.1) is 0 Å². The summed E-state index contributed by atoms with van der Waals surface area (Å²) in [7, 11) is 1.48. The van der Waals surface area contributed by atoms with Crippen molar-refractivity contribution < 1.29 is 0 Å². The molecular formula is C12H20N6O2. The van der Waals surface area contributed by atoms with Crippen molar-refractivity contribution >= 4 is 17.1 Å². The second-order valence-electron chi connectivity index (χ2n) is 5.15. The summed E-state index contributed by atoms with van der Waals surface area (Å²) < 4.78 is 4.31. The highest BCUT2D eigenvalue weighted by molar-refractivity contribution is 5.74. The van der Waals surface area contributed by atoms with E-state index in [2.05, 4.69) is 10.4 Å². The number of hydrogen-bond donors (Lipinski definition) is 2. The van der Waals surface area contributed by atoms with Gasteiger partial charge in [-0.2, -0.15) is 4.98 Å². The van der Waals surface area contributed by atoms with Crippen molar-refractivity contribution in [2.24, 2.45) is 18.8 Å². The molecule has 0 aliphatic carbocycles. The number of rotatable bonds is 4. The number of nitrogens with one attached hydrogen (secondary N) is 1. The van der Waals surface area contributed by atoms with Crippen molar-refractivity contribution in [3.63, 3.8) is 0 Å². The van der Waals surface area contributed by atoms with Crippen molar-refractivity contribution in [1.29, 1.82) is 0 Å². The number of nitrogens with zero attached hydrogens (tertiary/aromatic N) is 4. The number of aryl methyl sites for hydroxylation is 1. The molecule has 0 aromatic carbocycles. The van der Waals surface area contributed by atoms with Gasteiger partial charge in [-0.25, -0.2) is 10.6 Å². The summed E-state index contributed by atoms with van der Waals surface area (Å²) in [6, 6.07) is 0. The van der Waals surface area contributed by atoms with Crippen LogP contribution in [-0.4, -0.2) is 18.7 Å². The third kappa shape index (κ3) is 2.01. The fraction of sp³-hybridized carbons (Fsp3) is 0.583. The Hall–Kier alpha value is -2.09. The van der Waals surface area contributed by atoms with Crippen LogP contribution in [0.2, 0.25) is 0 Å². The Morgan fingerprint density at radius 3 is 2.45 bits per heavy atom. The molecule has 0 aliphatic rings. The van der Waals surface area contributed by atoms with E-state index in [0.717, 1.165) is 4.57 Å². The smallest absolute Gasteiger partial charge is 0.304 e. The van der Waals surface area contributed by atoms with Crippen LogP contribution < -0.4 is 22.5 Å². The third-order valence-electron chi connectivity index (χ3n) is 3.22. The van der Waals surface area contributed by atoms with E-state index >= 15 is 0 Å². The van der Waals surface area contributed by atoms with Crippen molar-refractivity contribution in [1.82, 2.24) is 18.7 Å². The minimum Gasteiger partial charge on any atom is -0.304 e. The van der Waals surface area contributed by atoms with E-state index < -0.39 is 0 Å². The van der Waals surface area contributed by atoms with Crippen LogP contribution in [0.3, 0.4) is 0 Å². The lowest BCUT2D eigenvalue weighted by atomic mass is 10.2. The van der Waals surface area contributed by atoms with Crippen LogP contribution in [0.4, 0.5) is 5.95 Å². The van der Waals surface area contributed by atoms with Gasteiger partial charge < -0.3 is 4.57 Å². The summed E-state index contributed by atoms with van der Waals surface area (Å²) in [4.78, 5) is 28.9. The van der Waals surface area contributed by atoms with Crippen LogP contribution in [-0.2, 0) is 20.1 Å². The van der Waals surface area contributed by atoms with Crippen molar-refractivity contribution in [2.75, 3.05) is 5.43 Å². The Kier molecular flexibility index (Phi) is 3.67. The number of hydrazine groups is 1. The first-order chi connectivity index (χ1) is 9.42. The quantitative estimate of drug-likeness (QED) is 0.599. The van der Waals surface area contributed by atoms with Gasteiger partial charge in [0.1, 0.15) is 0 Å². The molecular weight excluding hydrogens is 260 g/mol. The largest absolute Gasteiger partial charge is 0.332 e. The van der Waals surface area contributed by atoms with Gasteiger partial charge in [-0.3, -0.25) is 19.4 Å². The predicted molar refractivity (Wildman–Crippen MR) is 77.6 cm³/mol. The molecule has 110 valence electrons. The van der Waals surface area contributed by atoms with Gasteiger partial charge >= 0.3 is 5.69 Å². The molecule has 0 radical (unpaired) electrons. The summed E-state index contributed by atoms with van der Waals surface area (Å²) in [6.45, 7) is 6.92. The molecule has 3 N–H and O–H groups in total. The molecule has 2 aromatic rings. The molecule has 2 aromatic heterocycles. The number of hydrogen-bond acceptors (Lipinski definition) is 5. The Bertz CT molecular complexity index is 752. The molecule has 8 nitrogen and oxygen atoms in total. The molecule has 8 heteroatoms. The minimum absolute atomic E-state index is 0.259. The Morgan fingerprint density at radius 2 is 1.95 bits per heavy atom. The van der Waals surface area contributed by atoms with Crippen LogP contribution in [0.5, 0.6) is 0 Å². The molecule has 2 rings (SSSR count). The zero-order valence-corrected chi connectivity index (χ0v) is 12.2. The maximum atomic E-state index is 12.3. The molecule has 0 aliphatic heterocycles. The fourth-order valence-electron chi connectivity index (χ4n) is 2.30. The summed E-state index contributed by atoms with van der Waals surface area (Å²) in [6.07, 6.45) is 0. The number of nitrogens with two attached hydrogens (primary N) is 1. The van der Waals surface area contributed by atoms with Crippen LogP contribution in [0, 0.1) is 5.92 Å². The zero-order valence-electron chi connectivity index (χ0n) is 12.2. The Balaban J connectivity index is 2.96. The molecule has 0 spiro atoms. The standard InChI is InChI=1S/C12H20N6O2/c1-5-17-8-9(14-11(17)15-13)18(6-7(2)3)12(20)16(4)10(8)19/h7H,5-6,13H2,1-4H3,(H,14,15). The summed E-state index contributed by atoms with van der Waals surface area (Å²) >= 11 is 0. The van der Waals surface area contributed by atoms with Gasteiger partial charge in [0, 0.05) is 20.1 Å². The van der Waals surface area contributed by atoms with Gasteiger partial charge in [0.05, 0.1) is 0 Å². The number of fused-ring (bicyclic) bond motifs is 1. The maximum absolute atomic E-state index is 12.3.